The summed E-state index contributed by atoms with van der Waals surface area (Å²) in [5.74, 6) is 1.67. The van der Waals surface area contributed by atoms with Gasteiger partial charge in [0, 0.05) is 22.4 Å². The van der Waals surface area contributed by atoms with E-state index in [9.17, 15) is 0 Å². The molecule has 0 N–H and O–H groups in total. The Morgan fingerprint density at radius 3 is 1.17 bits per heavy atom. The molecule has 0 fully saturated rings. The molecule has 1 unspecified atom stereocenters. The first kappa shape index (κ1) is 24.9. The zero-order valence-electron chi connectivity index (χ0n) is 20.1. The third-order valence-corrected chi connectivity index (χ3v) is 16.9. The van der Waals surface area contributed by atoms with Gasteiger partial charge in [-0.05, 0) is 23.8 Å². The summed E-state index contributed by atoms with van der Waals surface area (Å²) in [6.45, 7) is 0. The third-order valence-electron chi connectivity index (χ3n) is 6.29. The largest absolute Gasteiger partial charge is 0.313 e. The molecule has 1 nitrogen and oxygen atoms in total. The van der Waals surface area contributed by atoms with Crippen LogP contribution in [0, 0.1) is 0 Å². The molecule has 178 valence electrons. The van der Waals surface area contributed by atoms with Crippen LogP contribution in [0.1, 0.15) is 0 Å². The molecule has 1 atom stereocenters. The topological polar surface area (TPSA) is 17.1 Å². The molecule has 5 aromatic rings. The van der Waals surface area contributed by atoms with Crippen LogP contribution in [0.15, 0.2) is 152 Å². The number of hydrogen-bond donors (Lipinski definition) is 0. The van der Waals surface area contributed by atoms with E-state index in [1.807, 2.05) is 60.7 Å². The fourth-order valence-electron chi connectivity index (χ4n) is 4.44. The predicted octanol–water partition coefficient (Wildman–Crippen LogP) is 6.86. The first-order valence-electron chi connectivity index (χ1n) is 12.1. The Morgan fingerprint density at radius 2 is 0.778 bits per heavy atom. The molecule has 36 heavy (non-hydrogen) atoms. The van der Waals surface area contributed by atoms with E-state index in [-0.39, 0.29) is 0 Å². The summed E-state index contributed by atoms with van der Waals surface area (Å²) >= 11 is 0. The van der Waals surface area contributed by atoms with Gasteiger partial charge in [0.2, 0.25) is 0 Å². The third kappa shape index (κ3) is 5.77. The fraction of sp³-hybridized carbons (Fsp3) is 0.0625. The van der Waals surface area contributed by atoms with E-state index in [1.165, 1.54) is 15.9 Å². The minimum atomic E-state index is -2.85. The van der Waals surface area contributed by atoms with Crippen molar-refractivity contribution in [3.63, 3.8) is 0 Å². The van der Waals surface area contributed by atoms with Crippen LogP contribution >= 0.6 is 23.0 Å². The van der Waals surface area contributed by atoms with Crippen LogP contribution in [-0.4, -0.2) is 11.8 Å². The van der Waals surface area contributed by atoms with Gasteiger partial charge >= 0.3 is 0 Å². The van der Waals surface area contributed by atoms with Gasteiger partial charge in [-0.1, -0.05) is 160 Å². The van der Waals surface area contributed by atoms with Crippen LogP contribution in [0.25, 0.3) is 0 Å². The molecular formula is C32H29OP3. The first-order valence-corrected chi connectivity index (χ1v) is 17.2. The zero-order valence-corrected chi connectivity index (χ0v) is 22.8. The Labute approximate surface area is 217 Å². The molecular weight excluding hydrogens is 493 g/mol. The van der Waals surface area contributed by atoms with Gasteiger partial charge in [0.25, 0.3) is 0 Å². The van der Waals surface area contributed by atoms with Gasteiger partial charge in [0.15, 0.2) is 0 Å². The maximum absolute atomic E-state index is 15.1. The van der Waals surface area contributed by atoms with Gasteiger partial charge in [-0.2, -0.15) is 0 Å². The highest BCUT2D eigenvalue weighted by Gasteiger charge is 2.33. The lowest BCUT2D eigenvalue weighted by Crippen LogP contribution is -2.22. The number of benzene rings is 5. The van der Waals surface area contributed by atoms with E-state index in [0.717, 1.165) is 16.5 Å². The lowest BCUT2D eigenvalue weighted by Gasteiger charge is -2.30. The van der Waals surface area contributed by atoms with Gasteiger partial charge in [0.05, 0.1) is 0 Å². The molecule has 0 saturated carbocycles. The maximum Gasteiger partial charge on any atom is 0.147 e. The van der Waals surface area contributed by atoms with Crippen LogP contribution < -0.4 is 26.5 Å². The molecule has 0 amide bonds. The molecule has 0 bridgehead atoms. The minimum Gasteiger partial charge on any atom is -0.313 e. The molecule has 0 radical (unpaired) electrons. The molecule has 5 aromatic carbocycles. The molecule has 4 heteroatoms. The van der Waals surface area contributed by atoms with Gasteiger partial charge in [-0.15, -0.1) is 0 Å². The van der Waals surface area contributed by atoms with Crippen LogP contribution in [-0.2, 0) is 4.57 Å². The SMILES string of the molecule is O=P(CP(CP(c1ccccc1)c1ccccc1)c1ccccc1)(c1ccccc1)c1ccccc1. The van der Waals surface area contributed by atoms with E-state index in [0.29, 0.717) is 5.90 Å². The van der Waals surface area contributed by atoms with Crippen molar-refractivity contribution in [3.8, 4) is 0 Å². The van der Waals surface area contributed by atoms with E-state index in [4.69, 9.17) is 0 Å². The second-order valence-corrected chi connectivity index (χ2v) is 16.9. The molecule has 0 aliphatic rings. The summed E-state index contributed by atoms with van der Waals surface area (Å²) in [7, 11) is -4.15. The molecule has 0 aliphatic carbocycles. The van der Waals surface area contributed by atoms with Crippen LogP contribution in [0.4, 0.5) is 0 Å². The van der Waals surface area contributed by atoms with Gasteiger partial charge in [0.1, 0.15) is 7.14 Å². The summed E-state index contributed by atoms with van der Waals surface area (Å²) in [6, 6.07) is 52.7. The summed E-state index contributed by atoms with van der Waals surface area (Å²) in [5, 5.41) is 5.96. The van der Waals surface area contributed by atoms with E-state index in [1.54, 1.807) is 0 Å². The maximum atomic E-state index is 15.1. The molecule has 0 saturated heterocycles. The van der Waals surface area contributed by atoms with Crippen molar-refractivity contribution in [1.29, 1.82) is 0 Å². The average Bonchev–Trinajstić information content (AvgIpc) is 2.97. The van der Waals surface area contributed by atoms with E-state index < -0.39 is 23.0 Å². The predicted molar refractivity (Wildman–Crippen MR) is 162 cm³/mol. The molecule has 0 aliphatic heterocycles. The van der Waals surface area contributed by atoms with Crippen molar-refractivity contribution >= 4 is 49.5 Å². The lowest BCUT2D eigenvalue weighted by atomic mass is 10.4. The van der Waals surface area contributed by atoms with Crippen molar-refractivity contribution in [1.82, 2.24) is 0 Å². The Balaban J connectivity index is 1.60. The second-order valence-electron chi connectivity index (χ2n) is 8.67. The minimum absolute atomic E-state index is 0.597. The molecule has 0 aromatic heterocycles. The van der Waals surface area contributed by atoms with Gasteiger partial charge in [-0.25, -0.2) is 0 Å². The summed E-state index contributed by atoms with van der Waals surface area (Å²) in [6.07, 6.45) is 0. The summed E-state index contributed by atoms with van der Waals surface area (Å²) in [4.78, 5) is 0. The summed E-state index contributed by atoms with van der Waals surface area (Å²) < 4.78 is 15.1. The standard InChI is InChI=1S/C32H29OP3/c33-36(31-22-12-4-13-23-31,32-24-14-5-15-25-32)27-34(28-16-6-1-7-17-28)26-35(29-18-8-2-9-19-29)30-20-10-3-11-21-30/h1-25H,26-27H2. The van der Waals surface area contributed by atoms with Gasteiger partial charge in [-0.3, -0.25) is 0 Å². The lowest BCUT2D eigenvalue weighted by molar-refractivity contribution is 0.589. The Bertz CT molecular complexity index is 1310. The van der Waals surface area contributed by atoms with Crippen LogP contribution in [0.5, 0.6) is 0 Å². The van der Waals surface area contributed by atoms with Gasteiger partial charge < -0.3 is 4.57 Å². The highest BCUT2D eigenvalue weighted by molar-refractivity contribution is 7.93. The van der Waals surface area contributed by atoms with Crippen LogP contribution in [0.3, 0.4) is 0 Å². The number of hydrogen-bond acceptors (Lipinski definition) is 1. The zero-order chi connectivity index (χ0) is 24.6. The fourth-order valence-corrected chi connectivity index (χ4v) is 16.4. The molecule has 0 spiro atoms. The Morgan fingerprint density at radius 1 is 0.444 bits per heavy atom. The Hall–Kier alpha value is -2.81. The van der Waals surface area contributed by atoms with Crippen molar-refractivity contribution in [2.75, 3.05) is 11.8 Å². The number of rotatable bonds is 9. The van der Waals surface area contributed by atoms with Crippen molar-refractivity contribution in [2.45, 2.75) is 0 Å². The van der Waals surface area contributed by atoms with Crippen molar-refractivity contribution in [2.24, 2.45) is 0 Å². The second kappa shape index (κ2) is 12.0. The highest BCUT2D eigenvalue weighted by Crippen LogP contribution is 2.59. The first-order chi connectivity index (χ1) is 17.7. The Kier molecular flexibility index (Phi) is 8.25. The smallest absolute Gasteiger partial charge is 0.147 e. The normalized spacial score (nSPS) is 12.4. The highest BCUT2D eigenvalue weighted by atomic mass is 31.2. The van der Waals surface area contributed by atoms with Crippen LogP contribution in [0.2, 0.25) is 0 Å². The van der Waals surface area contributed by atoms with E-state index in [2.05, 4.69) is 91.0 Å². The monoisotopic (exact) mass is 522 g/mol. The molecule has 0 heterocycles. The summed E-state index contributed by atoms with van der Waals surface area (Å²) in [5.41, 5.74) is 0. The van der Waals surface area contributed by atoms with Crippen molar-refractivity contribution < 1.29 is 4.57 Å². The average molecular weight is 523 g/mol. The quantitative estimate of drug-likeness (QED) is 0.194. The van der Waals surface area contributed by atoms with Crippen molar-refractivity contribution in [3.05, 3.63) is 152 Å². The van der Waals surface area contributed by atoms with E-state index >= 15 is 4.57 Å². The molecule has 5 rings (SSSR count).